The molecule has 6 nitrogen and oxygen atoms in total. The van der Waals surface area contributed by atoms with Gasteiger partial charge in [-0.25, -0.2) is 13.4 Å². The van der Waals surface area contributed by atoms with E-state index < -0.39 is 22.0 Å². The molecule has 1 atom stereocenters. The maximum Gasteiger partial charge on any atom is 0.322 e. The van der Waals surface area contributed by atoms with Crippen LogP contribution < -0.4 is 4.72 Å². The number of halogens is 1. The first-order chi connectivity index (χ1) is 13.2. The summed E-state index contributed by atoms with van der Waals surface area (Å²) >= 11 is 6.29. The molecule has 0 aliphatic heterocycles. The molecule has 2 aromatic carbocycles. The number of aliphatic carboxylic acids is 1. The van der Waals surface area contributed by atoms with Crippen LogP contribution in [0.25, 0.3) is 10.2 Å². The van der Waals surface area contributed by atoms with Crippen molar-refractivity contribution >= 4 is 65.2 Å². The Hall–Kier alpha value is -1.46. The summed E-state index contributed by atoms with van der Waals surface area (Å²) in [5.74, 6) is -1.58. The molecule has 0 aliphatic rings. The average Bonchev–Trinajstić information content (AvgIpc) is 3.02. The molecule has 0 amide bonds. The molecule has 2 N–H and O–H groups in total. The number of thiazole rings is 1. The van der Waals surface area contributed by atoms with Crippen LogP contribution in [0.15, 0.2) is 61.1 Å². The summed E-state index contributed by atoms with van der Waals surface area (Å²) in [6.45, 7) is 3.30. The number of carbonyl (C=O) groups is 1. The van der Waals surface area contributed by atoms with Crippen molar-refractivity contribution in [2.75, 3.05) is 0 Å². The smallest absolute Gasteiger partial charge is 0.322 e. The van der Waals surface area contributed by atoms with Gasteiger partial charge in [0.25, 0.3) is 0 Å². The maximum atomic E-state index is 12.6. The fourth-order valence-electron chi connectivity index (χ4n) is 2.40. The van der Waals surface area contributed by atoms with Crippen LogP contribution in [0.4, 0.5) is 0 Å². The first kappa shape index (κ1) is 21.3. The van der Waals surface area contributed by atoms with Crippen LogP contribution in [0.5, 0.6) is 0 Å². The Kier molecular flexibility index (Phi) is 6.45. The molecule has 0 unspecified atom stereocenters. The van der Waals surface area contributed by atoms with Crippen molar-refractivity contribution in [3.05, 3.63) is 46.9 Å². The lowest BCUT2D eigenvalue weighted by molar-refractivity contribution is -0.140. The molecule has 1 aromatic heterocycles. The Bertz CT molecular complexity index is 1110. The van der Waals surface area contributed by atoms with Crippen LogP contribution in [-0.2, 0) is 14.8 Å². The molecule has 0 fully saturated rings. The van der Waals surface area contributed by atoms with Gasteiger partial charge in [-0.1, -0.05) is 41.5 Å². The van der Waals surface area contributed by atoms with Gasteiger partial charge in [0.2, 0.25) is 10.0 Å². The van der Waals surface area contributed by atoms with Crippen LogP contribution in [0.1, 0.15) is 13.8 Å². The van der Waals surface area contributed by atoms with E-state index in [0.29, 0.717) is 5.52 Å². The third kappa shape index (κ3) is 4.93. The molecular weight excluding hydrogens is 484 g/mol. The lowest BCUT2D eigenvalue weighted by Crippen LogP contribution is -2.44. The second kappa shape index (κ2) is 8.50. The normalized spacial score (nSPS) is 13.1. The quantitative estimate of drug-likeness (QED) is 0.492. The zero-order valence-corrected chi connectivity index (χ0v) is 19.0. The van der Waals surface area contributed by atoms with E-state index in [1.54, 1.807) is 19.9 Å². The zero-order valence-electron chi connectivity index (χ0n) is 14.9. The monoisotopic (exact) mass is 500 g/mol. The molecule has 10 heteroatoms. The molecule has 3 aromatic rings. The van der Waals surface area contributed by atoms with E-state index in [-0.39, 0.29) is 10.8 Å². The summed E-state index contributed by atoms with van der Waals surface area (Å²) in [5, 5.41) is 9.25. The largest absolute Gasteiger partial charge is 0.480 e. The molecule has 148 valence electrons. The van der Waals surface area contributed by atoms with Gasteiger partial charge in [-0.2, -0.15) is 4.72 Å². The number of benzene rings is 2. The predicted octanol–water partition coefficient (Wildman–Crippen LogP) is 4.60. The zero-order chi connectivity index (χ0) is 20.5. The Balaban J connectivity index is 1.87. The summed E-state index contributed by atoms with van der Waals surface area (Å²) in [7, 11) is -3.96. The number of aromatic nitrogens is 1. The van der Waals surface area contributed by atoms with Crippen LogP contribution in [0.2, 0.25) is 0 Å². The average molecular weight is 501 g/mol. The summed E-state index contributed by atoms with van der Waals surface area (Å²) in [6, 6.07) is 11.2. The van der Waals surface area contributed by atoms with Gasteiger partial charge in [0.15, 0.2) is 4.34 Å². The highest BCUT2D eigenvalue weighted by Gasteiger charge is 2.28. The number of fused-ring (bicyclic) bond motifs is 1. The molecule has 0 saturated heterocycles. The van der Waals surface area contributed by atoms with Gasteiger partial charge in [0, 0.05) is 9.37 Å². The molecule has 3 rings (SSSR count). The van der Waals surface area contributed by atoms with Crippen molar-refractivity contribution in [3.8, 4) is 0 Å². The highest BCUT2D eigenvalue weighted by atomic mass is 79.9. The van der Waals surface area contributed by atoms with Gasteiger partial charge in [-0.3, -0.25) is 4.79 Å². The highest BCUT2D eigenvalue weighted by Crippen LogP contribution is 2.35. The molecule has 28 heavy (non-hydrogen) atoms. The van der Waals surface area contributed by atoms with Crippen molar-refractivity contribution in [3.63, 3.8) is 0 Å². The van der Waals surface area contributed by atoms with E-state index in [2.05, 4.69) is 25.6 Å². The first-order valence-electron chi connectivity index (χ1n) is 8.25. The van der Waals surface area contributed by atoms with Gasteiger partial charge in [0.1, 0.15) is 6.04 Å². The molecule has 0 radical (unpaired) electrons. The fraction of sp³-hybridized carbons (Fsp3) is 0.222. The van der Waals surface area contributed by atoms with E-state index >= 15 is 0 Å². The SMILES string of the molecule is CC(C)[C@@H](NS(=O)(=O)c1ccc2nc(Sc3ccc(Br)cc3)sc2c1)C(=O)O. The predicted molar refractivity (Wildman–Crippen MR) is 114 cm³/mol. The molecule has 0 saturated carbocycles. The number of hydrogen-bond acceptors (Lipinski definition) is 6. The van der Waals surface area contributed by atoms with Gasteiger partial charge >= 0.3 is 5.97 Å². The lowest BCUT2D eigenvalue weighted by Gasteiger charge is -2.17. The number of nitrogens with zero attached hydrogens (tertiary/aromatic N) is 1. The second-order valence-corrected chi connectivity index (χ2v) is 11.3. The van der Waals surface area contributed by atoms with Crippen LogP contribution in [0.3, 0.4) is 0 Å². The Labute approximate surface area is 179 Å². The minimum atomic E-state index is -3.96. The molecular formula is C18H17BrN2O4S3. The fourth-order valence-corrected chi connectivity index (χ4v) is 6.19. The number of rotatable bonds is 7. The van der Waals surface area contributed by atoms with Gasteiger partial charge < -0.3 is 5.11 Å². The van der Waals surface area contributed by atoms with Crippen molar-refractivity contribution in [2.24, 2.45) is 5.92 Å². The van der Waals surface area contributed by atoms with Crippen LogP contribution in [0, 0.1) is 5.92 Å². The molecule has 0 bridgehead atoms. The number of carboxylic acid groups (broad SMARTS) is 1. The van der Waals surface area contributed by atoms with E-state index in [0.717, 1.165) is 18.4 Å². The topological polar surface area (TPSA) is 96.4 Å². The maximum absolute atomic E-state index is 12.6. The van der Waals surface area contributed by atoms with Crippen molar-refractivity contribution in [2.45, 2.75) is 34.0 Å². The van der Waals surface area contributed by atoms with E-state index in [1.165, 1.54) is 35.2 Å². The Morgan fingerprint density at radius 3 is 2.50 bits per heavy atom. The third-order valence-electron chi connectivity index (χ3n) is 3.88. The Morgan fingerprint density at radius 1 is 1.21 bits per heavy atom. The first-order valence-corrected chi connectivity index (χ1v) is 12.2. The van der Waals surface area contributed by atoms with Crippen LogP contribution in [-0.4, -0.2) is 30.5 Å². The number of hydrogen-bond donors (Lipinski definition) is 2. The summed E-state index contributed by atoms with van der Waals surface area (Å²) in [4.78, 5) is 16.9. The summed E-state index contributed by atoms with van der Waals surface area (Å²) in [5.41, 5.74) is 0.696. The molecule has 1 heterocycles. The lowest BCUT2D eigenvalue weighted by atomic mass is 10.1. The van der Waals surface area contributed by atoms with Gasteiger partial charge in [-0.05, 0) is 48.4 Å². The van der Waals surface area contributed by atoms with Crippen molar-refractivity contribution in [1.82, 2.24) is 9.71 Å². The number of nitrogens with one attached hydrogen (secondary N) is 1. The minimum absolute atomic E-state index is 0.0238. The summed E-state index contributed by atoms with van der Waals surface area (Å²) < 4.78 is 30.0. The van der Waals surface area contributed by atoms with E-state index in [1.807, 2.05) is 24.3 Å². The highest BCUT2D eigenvalue weighted by molar-refractivity contribution is 9.10. The molecule has 0 spiro atoms. The number of sulfonamides is 1. The van der Waals surface area contributed by atoms with Crippen molar-refractivity contribution < 1.29 is 18.3 Å². The van der Waals surface area contributed by atoms with E-state index in [9.17, 15) is 18.3 Å². The Morgan fingerprint density at radius 2 is 1.89 bits per heavy atom. The van der Waals surface area contributed by atoms with Crippen LogP contribution >= 0.6 is 39.0 Å². The standard InChI is InChI=1S/C18H17BrN2O4S3/c1-10(2)16(17(22)23)21-28(24,25)13-7-8-14-15(9-13)27-18(20-14)26-12-5-3-11(19)4-6-12/h3-10,16,21H,1-2H3,(H,22,23)/t16-/m1/s1. The van der Waals surface area contributed by atoms with Gasteiger partial charge in [0.05, 0.1) is 15.1 Å². The minimum Gasteiger partial charge on any atom is -0.480 e. The summed E-state index contributed by atoms with van der Waals surface area (Å²) in [6.07, 6.45) is 0. The van der Waals surface area contributed by atoms with Crippen molar-refractivity contribution in [1.29, 1.82) is 0 Å². The van der Waals surface area contributed by atoms with E-state index in [4.69, 9.17) is 0 Å². The second-order valence-electron chi connectivity index (χ2n) is 6.35. The third-order valence-corrected chi connectivity index (χ3v) is 7.94. The number of carboxylic acids is 1. The van der Waals surface area contributed by atoms with Gasteiger partial charge in [-0.15, -0.1) is 11.3 Å². The molecule has 0 aliphatic carbocycles.